The number of rotatable bonds is 3. The third kappa shape index (κ3) is 2.39. The molecule has 0 aromatic heterocycles. The highest BCUT2D eigenvalue weighted by atomic mass is 19.1. The van der Waals surface area contributed by atoms with Gasteiger partial charge in [0.1, 0.15) is 5.82 Å². The lowest BCUT2D eigenvalue weighted by atomic mass is 9.84. The van der Waals surface area contributed by atoms with Gasteiger partial charge in [0.15, 0.2) is 0 Å². The summed E-state index contributed by atoms with van der Waals surface area (Å²) in [6.45, 7) is 2.04. The second-order valence-electron chi connectivity index (χ2n) is 6.34. The highest BCUT2D eigenvalue weighted by Gasteiger charge is 2.42. The lowest BCUT2D eigenvalue weighted by Crippen LogP contribution is -2.40. The smallest absolute Gasteiger partial charge is 0.254 e. The first-order valence-corrected chi connectivity index (χ1v) is 7.40. The number of fused-ring (bicyclic) bond motifs is 2. The van der Waals surface area contributed by atoms with E-state index in [1.54, 1.807) is 0 Å². The fraction of sp³-hybridized carbons (Fsp3) is 0.562. The molecule has 1 amide bonds. The number of halogens is 1. The average Bonchev–Trinajstić information content (AvgIpc) is 3.03. The Balaban J connectivity index is 1.68. The van der Waals surface area contributed by atoms with Gasteiger partial charge in [0.05, 0.1) is 5.56 Å². The number of hydrogen-bond donors (Lipinski definition) is 2. The topological polar surface area (TPSA) is 55.1 Å². The predicted molar refractivity (Wildman–Crippen MR) is 76.7 cm³/mol. The summed E-state index contributed by atoms with van der Waals surface area (Å²) >= 11 is 0. The van der Waals surface area contributed by atoms with Crippen LogP contribution >= 0.6 is 0 Å². The summed E-state index contributed by atoms with van der Waals surface area (Å²) in [6.07, 6.45) is 5.12. The minimum absolute atomic E-state index is 0.0417. The minimum atomic E-state index is -0.517. The lowest BCUT2D eigenvalue weighted by Gasteiger charge is -2.28. The summed E-state index contributed by atoms with van der Waals surface area (Å²) in [5.74, 6) is 1.25. The molecule has 0 saturated heterocycles. The number of nitrogens with one attached hydrogen (secondary N) is 1. The molecule has 2 aliphatic rings. The Morgan fingerprint density at radius 3 is 2.85 bits per heavy atom. The Morgan fingerprint density at radius 1 is 1.40 bits per heavy atom. The zero-order valence-electron chi connectivity index (χ0n) is 11.7. The number of nitrogen functional groups attached to an aromatic ring is 1. The van der Waals surface area contributed by atoms with Gasteiger partial charge in [0, 0.05) is 11.7 Å². The number of nitrogens with two attached hydrogens (primary N) is 1. The molecule has 4 unspecified atom stereocenters. The van der Waals surface area contributed by atoms with Gasteiger partial charge in [0.2, 0.25) is 0 Å². The number of anilines is 1. The SMILES string of the molecule is CC(NC(=O)c1cc(N)ccc1F)C1CC2CCC1C2. The van der Waals surface area contributed by atoms with Gasteiger partial charge in [-0.3, -0.25) is 4.79 Å². The van der Waals surface area contributed by atoms with Gasteiger partial charge in [-0.25, -0.2) is 4.39 Å². The lowest BCUT2D eigenvalue weighted by molar-refractivity contribution is 0.0911. The van der Waals surface area contributed by atoms with E-state index in [-0.39, 0.29) is 17.5 Å². The summed E-state index contributed by atoms with van der Waals surface area (Å²) in [5, 5.41) is 2.96. The molecule has 2 fully saturated rings. The standard InChI is InChI=1S/C16H21FN2O/c1-9(13-7-10-2-3-11(13)6-10)19-16(20)14-8-12(18)4-5-15(14)17/h4-5,8-11,13H,2-3,6-7,18H2,1H3,(H,19,20). The first-order valence-electron chi connectivity index (χ1n) is 7.40. The summed E-state index contributed by atoms with van der Waals surface area (Å²) in [7, 11) is 0. The molecule has 4 heteroatoms. The quantitative estimate of drug-likeness (QED) is 0.834. The van der Waals surface area contributed by atoms with Crippen molar-refractivity contribution in [2.24, 2.45) is 17.8 Å². The first-order chi connectivity index (χ1) is 9.54. The van der Waals surface area contributed by atoms with Crippen LogP contribution in [0.1, 0.15) is 43.0 Å². The van der Waals surface area contributed by atoms with Gasteiger partial charge in [-0.05, 0) is 62.1 Å². The van der Waals surface area contributed by atoms with Crippen LogP contribution in [0.2, 0.25) is 0 Å². The maximum absolute atomic E-state index is 13.7. The van der Waals surface area contributed by atoms with Crippen LogP contribution in [0, 0.1) is 23.6 Å². The fourth-order valence-corrected chi connectivity index (χ4v) is 4.01. The monoisotopic (exact) mass is 276 g/mol. The molecule has 3 nitrogen and oxygen atoms in total. The number of hydrogen-bond acceptors (Lipinski definition) is 2. The molecule has 0 spiro atoms. The Bertz CT molecular complexity index is 531. The molecule has 0 aliphatic heterocycles. The predicted octanol–water partition coefficient (Wildman–Crippen LogP) is 2.96. The van der Waals surface area contributed by atoms with Gasteiger partial charge in [-0.1, -0.05) is 6.42 Å². The van der Waals surface area contributed by atoms with Crippen molar-refractivity contribution >= 4 is 11.6 Å². The molecule has 0 radical (unpaired) electrons. The van der Waals surface area contributed by atoms with Crippen molar-refractivity contribution in [1.82, 2.24) is 5.32 Å². The van der Waals surface area contributed by atoms with Crippen LogP contribution in [0.3, 0.4) is 0 Å². The largest absolute Gasteiger partial charge is 0.399 e. The van der Waals surface area contributed by atoms with Crippen LogP contribution in [0.15, 0.2) is 18.2 Å². The normalized spacial score (nSPS) is 29.4. The van der Waals surface area contributed by atoms with E-state index in [1.807, 2.05) is 6.92 Å². The van der Waals surface area contributed by atoms with E-state index in [9.17, 15) is 9.18 Å². The number of benzene rings is 1. The zero-order chi connectivity index (χ0) is 14.3. The Hall–Kier alpha value is -1.58. The summed E-state index contributed by atoms with van der Waals surface area (Å²) in [6, 6.07) is 4.20. The Labute approximate surface area is 118 Å². The van der Waals surface area contributed by atoms with Gasteiger partial charge in [-0.15, -0.1) is 0 Å². The summed E-state index contributed by atoms with van der Waals surface area (Å²) < 4.78 is 13.7. The van der Waals surface area contributed by atoms with Crippen molar-refractivity contribution in [1.29, 1.82) is 0 Å². The van der Waals surface area contributed by atoms with Gasteiger partial charge in [-0.2, -0.15) is 0 Å². The third-order valence-corrected chi connectivity index (χ3v) is 5.03. The van der Waals surface area contributed by atoms with Crippen molar-refractivity contribution < 1.29 is 9.18 Å². The summed E-state index contributed by atoms with van der Waals surface area (Å²) in [4.78, 5) is 12.2. The van der Waals surface area contributed by atoms with E-state index >= 15 is 0 Å². The van der Waals surface area contributed by atoms with Gasteiger partial charge >= 0.3 is 0 Å². The van der Waals surface area contributed by atoms with E-state index in [1.165, 1.54) is 43.9 Å². The van der Waals surface area contributed by atoms with Crippen LogP contribution in [-0.4, -0.2) is 11.9 Å². The first kappa shape index (κ1) is 13.4. The molecule has 20 heavy (non-hydrogen) atoms. The number of amides is 1. The average molecular weight is 276 g/mol. The molecule has 3 rings (SSSR count). The molecule has 2 bridgehead atoms. The van der Waals surface area contributed by atoms with Crippen molar-refractivity contribution in [2.75, 3.05) is 5.73 Å². The Kier molecular flexibility index (Phi) is 3.40. The maximum atomic E-state index is 13.7. The van der Waals surface area contributed by atoms with Crippen molar-refractivity contribution in [2.45, 2.75) is 38.6 Å². The molecule has 2 saturated carbocycles. The third-order valence-electron chi connectivity index (χ3n) is 5.03. The van der Waals surface area contributed by atoms with E-state index < -0.39 is 5.82 Å². The van der Waals surface area contributed by atoms with Crippen LogP contribution in [-0.2, 0) is 0 Å². The van der Waals surface area contributed by atoms with Crippen LogP contribution in [0.4, 0.5) is 10.1 Å². The highest BCUT2D eigenvalue weighted by Crippen LogP contribution is 2.49. The van der Waals surface area contributed by atoms with Crippen LogP contribution in [0.25, 0.3) is 0 Å². The van der Waals surface area contributed by atoms with E-state index in [2.05, 4.69) is 5.32 Å². The Morgan fingerprint density at radius 2 is 2.20 bits per heavy atom. The second-order valence-corrected chi connectivity index (χ2v) is 6.34. The summed E-state index contributed by atoms with van der Waals surface area (Å²) in [5.41, 5.74) is 6.07. The van der Waals surface area contributed by atoms with E-state index in [0.29, 0.717) is 11.6 Å². The highest BCUT2D eigenvalue weighted by molar-refractivity contribution is 5.95. The molecular weight excluding hydrogens is 255 g/mol. The molecule has 1 aromatic rings. The molecule has 4 atom stereocenters. The molecule has 3 N–H and O–H groups in total. The van der Waals surface area contributed by atoms with E-state index in [4.69, 9.17) is 5.73 Å². The molecule has 108 valence electrons. The van der Waals surface area contributed by atoms with E-state index in [0.717, 1.165) is 11.8 Å². The van der Waals surface area contributed by atoms with Crippen molar-refractivity contribution in [3.8, 4) is 0 Å². The fourth-order valence-electron chi connectivity index (χ4n) is 4.01. The zero-order valence-corrected chi connectivity index (χ0v) is 11.7. The minimum Gasteiger partial charge on any atom is -0.399 e. The van der Waals surface area contributed by atoms with Crippen molar-refractivity contribution in [3.05, 3.63) is 29.6 Å². The number of carbonyl (C=O) groups excluding carboxylic acids is 1. The second kappa shape index (κ2) is 5.08. The van der Waals surface area contributed by atoms with Gasteiger partial charge in [0.25, 0.3) is 5.91 Å². The van der Waals surface area contributed by atoms with Crippen LogP contribution in [0.5, 0.6) is 0 Å². The maximum Gasteiger partial charge on any atom is 0.254 e. The molecule has 0 heterocycles. The molecular formula is C16H21FN2O. The van der Waals surface area contributed by atoms with Crippen LogP contribution < -0.4 is 11.1 Å². The molecule has 1 aromatic carbocycles. The number of carbonyl (C=O) groups is 1. The van der Waals surface area contributed by atoms with Crippen molar-refractivity contribution in [3.63, 3.8) is 0 Å². The molecule has 2 aliphatic carbocycles. The van der Waals surface area contributed by atoms with Gasteiger partial charge < -0.3 is 11.1 Å².